The molecule has 2 rings (SSSR count). The van der Waals surface area contributed by atoms with E-state index in [0.29, 0.717) is 5.56 Å². The second-order valence-corrected chi connectivity index (χ2v) is 4.99. The smallest absolute Gasteiger partial charge is 0.251 e. The maximum Gasteiger partial charge on any atom is 0.251 e. The summed E-state index contributed by atoms with van der Waals surface area (Å²) in [5.41, 5.74) is 2.40. The first kappa shape index (κ1) is 14.6. The van der Waals surface area contributed by atoms with Gasteiger partial charge in [-0.25, -0.2) is 0 Å². The van der Waals surface area contributed by atoms with Gasteiger partial charge < -0.3 is 15.2 Å². The Bertz CT molecular complexity index is 551. The first-order valence-electron chi connectivity index (χ1n) is 6.68. The summed E-state index contributed by atoms with van der Waals surface area (Å²) in [6.45, 7) is 1.74. The van der Waals surface area contributed by atoms with E-state index in [4.69, 9.17) is 9.84 Å². The van der Waals surface area contributed by atoms with Gasteiger partial charge in [0.15, 0.2) is 0 Å². The van der Waals surface area contributed by atoms with Crippen molar-refractivity contribution < 1.29 is 14.6 Å². The molecule has 0 atom stereocenters. The molecule has 1 fully saturated rings. The van der Waals surface area contributed by atoms with E-state index in [0.717, 1.165) is 24.0 Å². The molecule has 0 spiro atoms. The van der Waals surface area contributed by atoms with Crippen molar-refractivity contribution in [3.8, 4) is 11.8 Å². The zero-order chi connectivity index (χ0) is 14.5. The van der Waals surface area contributed by atoms with Gasteiger partial charge in [0.25, 0.3) is 5.91 Å². The van der Waals surface area contributed by atoms with Gasteiger partial charge in [0.05, 0.1) is 6.10 Å². The summed E-state index contributed by atoms with van der Waals surface area (Å²) in [5, 5.41) is 11.7. The van der Waals surface area contributed by atoms with Gasteiger partial charge in [-0.3, -0.25) is 4.79 Å². The van der Waals surface area contributed by atoms with Crippen LogP contribution < -0.4 is 5.32 Å². The molecule has 0 aliphatic heterocycles. The average molecular weight is 273 g/mol. The molecular formula is C16H19NO3. The van der Waals surface area contributed by atoms with Gasteiger partial charge in [0.1, 0.15) is 6.61 Å². The Kier molecular flexibility index (Phi) is 4.78. The first-order valence-corrected chi connectivity index (χ1v) is 6.68. The van der Waals surface area contributed by atoms with Gasteiger partial charge in [-0.15, -0.1) is 0 Å². The van der Waals surface area contributed by atoms with Crippen LogP contribution in [0.1, 0.15) is 34.3 Å². The molecule has 4 heteroatoms. The third-order valence-corrected chi connectivity index (χ3v) is 3.55. The van der Waals surface area contributed by atoms with E-state index >= 15 is 0 Å². The predicted molar refractivity (Wildman–Crippen MR) is 76.4 cm³/mol. The van der Waals surface area contributed by atoms with Crippen LogP contribution in [0, 0.1) is 18.8 Å². The molecule has 20 heavy (non-hydrogen) atoms. The highest BCUT2D eigenvalue weighted by Crippen LogP contribution is 2.23. The van der Waals surface area contributed by atoms with Crippen LogP contribution >= 0.6 is 0 Å². The van der Waals surface area contributed by atoms with Gasteiger partial charge in [-0.2, -0.15) is 0 Å². The highest BCUT2D eigenvalue weighted by molar-refractivity contribution is 5.94. The van der Waals surface area contributed by atoms with E-state index in [-0.39, 0.29) is 24.7 Å². The number of carbonyl (C=O) groups excluding carboxylic acids is 1. The first-order chi connectivity index (χ1) is 9.63. The molecule has 1 aromatic rings. The Morgan fingerprint density at radius 1 is 1.50 bits per heavy atom. The van der Waals surface area contributed by atoms with E-state index in [1.54, 1.807) is 13.2 Å². The molecule has 0 bridgehead atoms. The molecule has 1 aromatic carbocycles. The normalized spacial score (nSPS) is 20.6. The third kappa shape index (κ3) is 3.38. The summed E-state index contributed by atoms with van der Waals surface area (Å²) in [4.78, 5) is 12.1. The quantitative estimate of drug-likeness (QED) is 0.815. The van der Waals surface area contributed by atoms with Crippen LogP contribution in [0.15, 0.2) is 18.2 Å². The maximum absolute atomic E-state index is 12.1. The molecule has 1 aliphatic rings. The Balaban J connectivity index is 1.99. The number of hydrogen-bond acceptors (Lipinski definition) is 3. The summed E-state index contributed by atoms with van der Waals surface area (Å²) >= 11 is 0. The van der Waals surface area contributed by atoms with Crippen molar-refractivity contribution in [2.45, 2.75) is 31.9 Å². The van der Waals surface area contributed by atoms with Crippen molar-refractivity contribution in [2.24, 2.45) is 0 Å². The molecule has 4 nitrogen and oxygen atoms in total. The number of carbonyl (C=O) groups is 1. The van der Waals surface area contributed by atoms with Crippen molar-refractivity contribution in [3.63, 3.8) is 0 Å². The van der Waals surface area contributed by atoms with Crippen molar-refractivity contribution in [1.29, 1.82) is 0 Å². The molecule has 0 heterocycles. The average Bonchev–Trinajstić information content (AvgIpc) is 2.40. The molecular weight excluding hydrogens is 254 g/mol. The number of ether oxygens (including phenoxy) is 1. The number of amides is 1. The Labute approximate surface area is 119 Å². The van der Waals surface area contributed by atoms with E-state index < -0.39 is 0 Å². The SMILES string of the molecule is COC1CC(NC(=O)c2ccc(C#CCO)c(C)c2)C1. The van der Waals surface area contributed by atoms with Gasteiger partial charge in [-0.05, 0) is 43.5 Å². The molecule has 1 amide bonds. The largest absolute Gasteiger partial charge is 0.384 e. The molecule has 0 unspecified atom stereocenters. The lowest BCUT2D eigenvalue weighted by molar-refractivity contribution is 0.0176. The molecule has 2 N–H and O–H groups in total. The fourth-order valence-electron chi connectivity index (χ4n) is 2.22. The highest BCUT2D eigenvalue weighted by Gasteiger charge is 2.30. The van der Waals surface area contributed by atoms with Crippen molar-refractivity contribution in [3.05, 3.63) is 34.9 Å². The molecule has 1 aliphatic carbocycles. The number of rotatable bonds is 3. The Hall–Kier alpha value is -1.83. The number of aliphatic hydroxyl groups is 1. The predicted octanol–water partition coefficient (Wildman–Crippen LogP) is 1.25. The fourth-order valence-corrected chi connectivity index (χ4v) is 2.22. The van der Waals surface area contributed by atoms with Crippen LogP contribution in [0.5, 0.6) is 0 Å². The monoisotopic (exact) mass is 273 g/mol. The number of benzene rings is 1. The van der Waals surface area contributed by atoms with Crippen LogP contribution in [0.3, 0.4) is 0 Å². The number of methoxy groups -OCH3 is 1. The highest BCUT2D eigenvalue weighted by atomic mass is 16.5. The zero-order valence-electron chi connectivity index (χ0n) is 11.8. The van der Waals surface area contributed by atoms with Gasteiger partial charge in [-0.1, -0.05) is 11.8 Å². The minimum atomic E-state index is -0.163. The molecule has 0 aromatic heterocycles. The van der Waals surface area contributed by atoms with Gasteiger partial charge in [0.2, 0.25) is 0 Å². The summed E-state index contributed by atoms with van der Waals surface area (Å²) in [5.74, 6) is 5.40. The van der Waals surface area contributed by atoms with Crippen LogP contribution in [0.25, 0.3) is 0 Å². The van der Waals surface area contributed by atoms with Crippen LogP contribution in [0.2, 0.25) is 0 Å². The molecule has 1 saturated carbocycles. The lowest BCUT2D eigenvalue weighted by Crippen LogP contribution is -2.47. The van der Waals surface area contributed by atoms with E-state index in [2.05, 4.69) is 17.2 Å². The third-order valence-electron chi connectivity index (χ3n) is 3.55. The van der Waals surface area contributed by atoms with Crippen molar-refractivity contribution >= 4 is 5.91 Å². The van der Waals surface area contributed by atoms with Crippen molar-refractivity contribution in [2.75, 3.05) is 13.7 Å². The molecule has 106 valence electrons. The van der Waals surface area contributed by atoms with Crippen LogP contribution in [-0.2, 0) is 4.74 Å². The topological polar surface area (TPSA) is 58.6 Å². The Morgan fingerprint density at radius 3 is 2.85 bits per heavy atom. The summed E-state index contributed by atoms with van der Waals surface area (Å²) in [6.07, 6.45) is 2.03. The minimum absolute atomic E-state index is 0.0608. The number of aliphatic hydroxyl groups excluding tert-OH is 1. The summed E-state index contributed by atoms with van der Waals surface area (Å²) in [6, 6.07) is 5.60. The van der Waals surface area contributed by atoms with Crippen LogP contribution in [0.4, 0.5) is 0 Å². The lowest BCUT2D eigenvalue weighted by Gasteiger charge is -2.34. The number of hydrogen-bond donors (Lipinski definition) is 2. The summed E-state index contributed by atoms with van der Waals surface area (Å²) in [7, 11) is 1.69. The van der Waals surface area contributed by atoms with E-state index in [9.17, 15) is 4.79 Å². The fraction of sp³-hybridized carbons (Fsp3) is 0.438. The van der Waals surface area contributed by atoms with E-state index in [1.165, 1.54) is 0 Å². The second-order valence-electron chi connectivity index (χ2n) is 4.99. The maximum atomic E-state index is 12.1. The van der Waals surface area contributed by atoms with E-state index in [1.807, 2.05) is 19.1 Å². The van der Waals surface area contributed by atoms with Crippen LogP contribution in [-0.4, -0.2) is 36.9 Å². The second kappa shape index (κ2) is 6.56. The number of aryl methyl sites for hydroxylation is 1. The van der Waals surface area contributed by atoms with Crippen molar-refractivity contribution in [1.82, 2.24) is 5.32 Å². The molecule has 0 saturated heterocycles. The lowest BCUT2D eigenvalue weighted by atomic mass is 9.89. The minimum Gasteiger partial charge on any atom is -0.384 e. The van der Waals surface area contributed by atoms with Gasteiger partial charge in [0, 0.05) is 24.3 Å². The Morgan fingerprint density at radius 2 is 2.25 bits per heavy atom. The molecule has 0 radical (unpaired) electrons. The zero-order valence-corrected chi connectivity index (χ0v) is 11.8. The standard InChI is InChI=1S/C16H19NO3/c1-11-8-13(6-5-12(11)4-3-7-18)16(19)17-14-9-15(10-14)20-2/h5-6,8,14-15,18H,7,9-10H2,1-2H3,(H,17,19). The number of nitrogens with one attached hydrogen (secondary N) is 1. The van der Waals surface area contributed by atoms with Gasteiger partial charge >= 0.3 is 0 Å². The summed E-state index contributed by atoms with van der Waals surface area (Å²) < 4.78 is 5.19.